The van der Waals surface area contributed by atoms with Crippen molar-refractivity contribution in [2.45, 2.75) is 24.8 Å². The Morgan fingerprint density at radius 3 is 2.64 bits per heavy atom. The SMILES string of the molecule is CC1=CC(Cl)C(C)(O)C=C1Cl. The molecule has 0 saturated heterocycles. The summed E-state index contributed by atoms with van der Waals surface area (Å²) in [5, 5.41) is 9.79. The van der Waals surface area contributed by atoms with E-state index in [1.165, 1.54) is 0 Å². The number of rotatable bonds is 0. The van der Waals surface area contributed by atoms with Crippen LogP contribution in [0.3, 0.4) is 0 Å². The first-order chi connectivity index (χ1) is 4.93. The highest BCUT2D eigenvalue weighted by molar-refractivity contribution is 6.32. The average Bonchev–Trinajstić information content (AvgIpc) is 1.83. The Kier molecular flexibility index (Phi) is 2.33. The fraction of sp³-hybridized carbons (Fsp3) is 0.500. The van der Waals surface area contributed by atoms with Crippen molar-refractivity contribution in [1.82, 2.24) is 0 Å². The lowest BCUT2D eigenvalue weighted by Gasteiger charge is -2.27. The molecule has 11 heavy (non-hydrogen) atoms. The molecule has 0 bridgehead atoms. The maximum atomic E-state index is 9.59. The van der Waals surface area contributed by atoms with Crippen molar-refractivity contribution in [3.8, 4) is 0 Å². The Morgan fingerprint density at radius 1 is 1.64 bits per heavy atom. The van der Waals surface area contributed by atoms with Crippen LogP contribution in [0.5, 0.6) is 0 Å². The molecule has 3 heteroatoms. The van der Waals surface area contributed by atoms with Crippen LogP contribution in [-0.2, 0) is 0 Å². The van der Waals surface area contributed by atoms with Gasteiger partial charge in [0, 0.05) is 5.03 Å². The fourth-order valence-electron chi connectivity index (χ4n) is 0.918. The van der Waals surface area contributed by atoms with E-state index >= 15 is 0 Å². The molecule has 2 unspecified atom stereocenters. The van der Waals surface area contributed by atoms with Crippen molar-refractivity contribution in [3.05, 3.63) is 22.8 Å². The van der Waals surface area contributed by atoms with E-state index in [0.717, 1.165) is 5.57 Å². The summed E-state index contributed by atoms with van der Waals surface area (Å²) in [4.78, 5) is 0. The second-order valence-electron chi connectivity index (χ2n) is 2.97. The quantitative estimate of drug-likeness (QED) is 0.585. The first-order valence-corrected chi connectivity index (χ1v) is 4.18. The minimum absolute atomic E-state index is 0.384. The Labute approximate surface area is 76.3 Å². The maximum Gasteiger partial charge on any atom is 0.101 e. The summed E-state index contributed by atoms with van der Waals surface area (Å²) >= 11 is 11.6. The Morgan fingerprint density at radius 2 is 2.18 bits per heavy atom. The second kappa shape index (κ2) is 2.81. The van der Waals surface area contributed by atoms with Crippen molar-refractivity contribution < 1.29 is 5.11 Å². The van der Waals surface area contributed by atoms with Crippen LogP contribution in [0.15, 0.2) is 22.8 Å². The van der Waals surface area contributed by atoms with Gasteiger partial charge in [-0.25, -0.2) is 0 Å². The largest absolute Gasteiger partial charge is 0.384 e. The van der Waals surface area contributed by atoms with E-state index in [0.29, 0.717) is 5.03 Å². The van der Waals surface area contributed by atoms with Crippen LogP contribution < -0.4 is 0 Å². The second-order valence-corrected chi connectivity index (χ2v) is 3.85. The molecule has 62 valence electrons. The Balaban J connectivity index is 2.98. The molecule has 2 atom stereocenters. The Bertz CT molecular complexity index is 228. The summed E-state index contributed by atoms with van der Waals surface area (Å²) in [6.45, 7) is 3.50. The summed E-state index contributed by atoms with van der Waals surface area (Å²) in [5.74, 6) is 0. The van der Waals surface area contributed by atoms with Crippen LogP contribution in [0.4, 0.5) is 0 Å². The predicted octanol–water partition coefficient (Wildman–Crippen LogP) is 2.43. The van der Waals surface area contributed by atoms with Crippen molar-refractivity contribution >= 4 is 23.2 Å². The van der Waals surface area contributed by atoms with Gasteiger partial charge in [-0.1, -0.05) is 17.7 Å². The van der Waals surface area contributed by atoms with Gasteiger partial charge in [0.1, 0.15) is 5.60 Å². The van der Waals surface area contributed by atoms with Gasteiger partial charge in [-0.05, 0) is 25.5 Å². The number of hydrogen-bond donors (Lipinski definition) is 1. The molecular formula is C8H10Cl2O. The third kappa shape index (κ3) is 1.78. The van der Waals surface area contributed by atoms with Crippen LogP contribution >= 0.6 is 23.2 Å². The average molecular weight is 193 g/mol. The lowest BCUT2D eigenvalue weighted by molar-refractivity contribution is 0.117. The highest BCUT2D eigenvalue weighted by Crippen LogP contribution is 2.31. The van der Waals surface area contributed by atoms with Gasteiger partial charge in [0.25, 0.3) is 0 Å². The molecule has 1 rings (SSSR count). The highest BCUT2D eigenvalue weighted by atomic mass is 35.5. The molecule has 1 N–H and O–H groups in total. The molecule has 0 aromatic rings. The number of hydrogen-bond acceptors (Lipinski definition) is 1. The third-order valence-electron chi connectivity index (χ3n) is 1.75. The summed E-state index contributed by atoms with van der Waals surface area (Å²) in [5.41, 5.74) is -0.101. The molecule has 0 spiro atoms. The van der Waals surface area contributed by atoms with Gasteiger partial charge in [0.2, 0.25) is 0 Å². The van der Waals surface area contributed by atoms with Gasteiger partial charge < -0.3 is 5.11 Å². The smallest absolute Gasteiger partial charge is 0.101 e. The molecule has 1 aliphatic rings. The Hall–Kier alpha value is 0.0200. The van der Waals surface area contributed by atoms with Crippen molar-refractivity contribution in [2.24, 2.45) is 0 Å². The van der Waals surface area contributed by atoms with E-state index in [1.54, 1.807) is 19.1 Å². The molecule has 0 amide bonds. The standard InChI is InChI=1S/C8H10Cl2O/c1-5-3-7(10)8(2,11)4-6(5)9/h3-4,7,11H,1-2H3. The summed E-state index contributed by atoms with van der Waals surface area (Å²) in [6, 6.07) is 0. The minimum atomic E-state index is -1.02. The topological polar surface area (TPSA) is 20.2 Å². The van der Waals surface area contributed by atoms with Gasteiger partial charge in [-0.2, -0.15) is 0 Å². The van der Waals surface area contributed by atoms with Crippen LogP contribution in [-0.4, -0.2) is 16.1 Å². The van der Waals surface area contributed by atoms with E-state index < -0.39 is 5.60 Å². The predicted molar refractivity (Wildman–Crippen MR) is 48.0 cm³/mol. The molecule has 0 saturated carbocycles. The summed E-state index contributed by atoms with van der Waals surface area (Å²) in [6.07, 6.45) is 3.32. The van der Waals surface area contributed by atoms with Crippen LogP contribution in [0.2, 0.25) is 0 Å². The van der Waals surface area contributed by atoms with Crippen LogP contribution in [0.25, 0.3) is 0 Å². The molecule has 0 aromatic heterocycles. The zero-order valence-electron chi connectivity index (χ0n) is 6.44. The van der Waals surface area contributed by atoms with Crippen LogP contribution in [0, 0.1) is 0 Å². The van der Waals surface area contributed by atoms with E-state index in [2.05, 4.69) is 0 Å². The van der Waals surface area contributed by atoms with E-state index in [1.807, 2.05) is 6.92 Å². The first-order valence-electron chi connectivity index (χ1n) is 3.37. The van der Waals surface area contributed by atoms with Gasteiger partial charge in [-0.3, -0.25) is 0 Å². The highest BCUT2D eigenvalue weighted by Gasteiger charge is 2.30. The van der Waals surface area contributed by atoms with E-state index in [4.69, 9.17) is 23.2 Å². The molecule has 1 aliphatic carbocycles. The van der Waals surface area contributed by atoms with E-state index in [-0.39, 0.29) is 5.38 Å². The van der Waals surface area contributed by atoms with Gasteiger partial charge >= 0.3 is 0 Å². The molecule has 0 radical (unpaired) electrons. The number of halogens is 2. The summed E-state index contributed by atoms with van der Waals surface area (Å²) < 4.78 is 0. The lowest BCUT2D eigenvalue weighted by atomic mass is 9.94. The van der Waals surface area contributed by atoms with Crippen molar-refractivity contribution in [3.63, 3.8) is 0 Å². The number of allylic oxidation sites excluding steroid dienone is 2. The molecule has 1 nitrogen and oxygen atoms in total. The molecule has 0 aliphatic heterocycles. The molecule has 0 heterocycles. The zero-order chi connectivity index (χ0) is 8.65. The van der Waals surface area contributed by atoms with Gasteiger partial charge in [0.05, 0.1) is 5.38 Å². The van der Waals surface area contributed by atoms with Crippen molar-refractivity contribution in [1.29, 1.82) is 0 Å². The number of aliphatic hydroxyl groups is 1. The first kappa shape index (κ1) is 9.11. The minimum Gasteiger partial charge on any atom is -0.384 e. The van der Waals surface area contributed by atoms with Gasteiger partial charge in [-0.15, -0.1) is 11.6 Å². The van der Waals surface area contributed by atoms with E-state index in [9.17, 15) is 5.11 Å². The molecular weight excluding hydrogens is 183 g/mol. The van der Waals surface area contributed by atoms with Crippen LogP contribution in [0.1, 0.15) is 13.8 Å². The molecule has 0 fully saturated rings. The maximum absolute atomic E-state index is 9.59. The number of alkyl halides is 1. The lowest BCUT2D eigenvalue weighted by Crippen LogP contribution is -2.34. The third-order valence-corrected chi connectivity index (χ3v) is 2.73. The van der Waals surface area contributed by atoms with Gasteiger partial charge in [0.15, 0.2) is 0 Å². The fourth-order valence-corrected chi connectivity index (χ4v) is 1.45. The normalized spacial score (nSPS) is 38.1. The monoisotopic (exact) mass is 192 g/mol. The molecule has 0 aromatic carbocycles. The van der Waals surface area contributed by atoms with Crippen molar-refractivity contribution in [2.75, 3.05) is 0 Å². The zero-order valence-corrected chi connectivity index (χ0v) is 7.95. The summed E-state index contributed by atoms with van der Waals surface area (Å²) in [7, 11) is 0.